The Morgan fingerprint density at radius 1 is 0.957 bits per heavy atom. The van der Waals surface area contributed by atoms with Gasteiger partial charge in [0.15, 0.2) is 0 Å². The minimum atomic E-state index is -0.248. The third kappa shape index (κ3) is 4.72. The Hall–Kier alpha value is -2.53. The van der Waals surface area contributed by atoms with E-state index in [2.05, 4.69) is 5.32 Å². The lowest BCUT2D eigenvalue weighted by Gasteiger charge is -2.13. The van der Waals surface area contributed by atoms with Gasteiger partial charge in [-0.3, -0.25) is 4.79 Å². The first-order chi connectivity index (χ1) is 11.3. The van der Waals surface area contributed by atoms with E-state index in [0.29, 0.717) is 36.8 Å². The van der Waals surface area contributed by atoms with Gasteiger partial charge in [-0.1, -0.05) is 36.4 Å². The van der Waals surface area contributed by atoms with Crippen LogP contribution in [0.1, 0.15) is 15.9 Å². The molecule has 5 nitrogen and oxygen atoms in total. The second-order valence-corrected chi connectivity index (χ2v) is 4.83. The van der Waals surface area contributed by atoms with Crippen molar-refractivity contribution in [2.75, 3.05) is 27.4 Å². The third-order valence-corrected chi connectivity index (χ3v) is 3.30. The molecule has 122 valence electrons. The van der Waals surface area contributed by atoms with Crippen molar-refractivity contribution in [2.24, 2.45) is 0 Å². The van der Waals surface area contributed by atoms with Crippen LogP contribution in [0, 0.1) is 0 Å². The molecule has 0 aliphatic heterocycles. The number of rotatable bonds is 8. The molecule has 2 rings (SSSR count). The monoisotopic (exact) mass is 315 g/mol. The van der Waals surface area contributed by atoms with Crippen LogP contribution in [0.25, 0.3) is 0 Å². The van der Waals surface area contributed by atoms with E-state index >= 15 is 0 Å². The van der Waals surface area contributed by atoms with E-state index in [1.807, 2.05) is 30.3 Å². The lowest BCUT2D eigenvalue weighted by molar-refractivity contribution is 0.0895. The summed E-state index contributed by atoms with van der Waals surface area (Å²) in [7, 11) is 3.04. The van der Waals surface area contributed by atoms with Crippen LogP contribution < -0.4 is 14.8 Å². The fraction of sp³-hybridized carbons (Fsp3) is 0.278. The van der Waals surface area contributed by atoms with Gasteiger partial charge in [-0.15, -0.1) is 0 Å². The second kappa shape index (κ2) is 8.80. The summed E-state index contributed by atoms with van der Waals surface area (Å²) in [5, 5.41) is 2.81. The standard InChI is InChI=1S/C18H21NO4/c1-21-15-9-6-10-16(22-2)17(15)18(20)19-11-12-23-13-14-7-4-3-5-8-14/h3-10H,11-13H2,1-2H3,(H,19,20). The number of carbonyl (C=O) groups is 1. The largest absolute Gasteiger partial charge is 0.496 e. The molecule has 0 aliphatic rings. The molecule has 0 atom stereocenters. The average Bonchev–Trinajstić information content (AvgIpc) is 2.61. The van der Waals surface area contributed by atoms with Gasteiger partial charge in [0.05, 0.1) is 27.4 Å². The maximum atomic E-state index is 12.3. The van der Waals surface area contributed by atoms with Crippen molar-refractivity contribution < 1.29 is 19.0 Å². The predicted molar refractivity (Wildman–Crippen MR) is 88.0 cm³/mol. The zero-order chi connectivity index (χ0) is 16.5. The van der Waals surface area contributed by atoms with Crippen LogP contribution in [0.3, 0.4) is 0 Å². The molecular weight excluding hydrogens is 294 g/mol. The Morgan fingerprint density at radius 3 is 2.22 bits per heavy atom. The van der Waals surface area contributed by atoms with E-state index in [4.69, 9.17) is 14.2 Å². The summed E-state index contributed by atoms with van der Waals surface area (Å²) in [6.07, 6.45) is 0. The number of amides is 1. The molecular formula is C18H21NO4. The first-order valence-electron chi connectivity index (χ1n) is 7.37. The summed E-state index contributed by atoms with van der Waals surface area (Å²) < 4.78 is 16.0. The normalized spacial score (nSPS) is 10.2. The number of hydrogen-bond donors (Lipinski definition) is 1. The van der Waals surface area contributed by atoms with Crippen molar-refractivity contribution in [3.8, 4) is 11.5 Å². The minimum absolute atomic E-state index is 0.248. The van der Waals surface area contributed by atoms with Gasteiger partial charge in [0.2, 0.25) is 0 Å². The lowest BCUT2D eigenvalue weighted by atomic mass is 10.1. The molecule has 23 heavy (non-hydrogen) atoms. The second-order valence-electron chi connectivity index (χ2n) is 4.83. The van der Waals surface area contributed by atoms with Crippen molar-refractivity contribution in [1.29, 1.82) is 0 Å². The summed E-state index contributed by atoms with van der Waals surface area (Å²) in [5.74, 6) is 0.710. The minimum Gasteiger partial charge on any atom is -0.496 e. The smallest absolute Gasteiger partial charge is 0.258 e. The van der Waals surface area contributed by atoms with Crippen molar-refractivity contribution in [3.05, 3.63) is 59.7 Å². The maximum Gasteiger partial charge on any atom is 0.258 e. The lowest BCUT2D eigenvalue weighted by Crippen LogP contribution is -2.28. The van der Waals surface area contributed by atoms with Crippen molar-refractivity contribution >= 4 is 5.91 Å². The number of hydrogen-bond acceptors (Lipinski definition) is 4. The van der Waals surface area contributed by atoms with Crippen LogP contribution in [-0.2, 0) is 11.3 Å². The zero-order valence-corrected chi connectivity index (χ0v) is 13.4. The third-order valence-electron chi connectivity index (χ3n) is 3.30. The van der Waals surface area contributed by atoms with E-state index in [0.717, 1.165) is 5.56 Å². The predicted octanol–water partition coefficient (Wildman–Crippen LogP) is 2.65. The highest BCUT2D eigenvalue weighted by Gasteiger charge is 2.17. The molecule has 0 unspecified atom stereocenters. The molecule has 1 N–H and O–H groups in total. The van der Waals surface area contributed by atoms with Gasteiger partial charge in [0.1, 0.15) is 17.1 Å². The average molecular weight is 315 g/mol. The first-order valence-corrected chi connectivity index (χ1v) is 7.37. The van der Waals surface area contributed by atoms with E-state index in [1.165, 1.54) is 14.2 Å². The number of nitrogens with one attached hydrogen (secondary N) is 1. The summed E-state index contributed by atoms with van der Waals surface area (Å²) >= 11 is 0. The van der Waals surface area contributed by atoms with Gasteiger partial charge in [0.25, 0.3) is 5.91 Å². The molecule has 1 amide bonds. The zero-order valence-electron chi connectivity index (χ0n) is 13.4. The molecule has 0 aromatic heterocycles. The quantitative estimate of drug-likeness (QED) is 0.761. The van der Waals surface area contributed by atoms with Crippen LogP contribution in [0.5, 0.6) is 11.5 Å². The molecule has 0 heterocycles. The fourth-order valence-electron chi connectivity index (χ4n) is 2.16. The van der Waals surface area contributed by atoms with Crippen LogP contribution in [0.2, 0.25) is 0 Å². The summed E-state index contributed by atoms with van der Waals surface area (Å²) in [5.41, 5.74) is 1.49. The molecule has 2 aromatic rings. The van der Waals surface area contributed by atoms with Gasteiger partial charge >= 0.3 is 0 Å². The molecule has 2 aromatic carbocycles. The van der Waals surface area contributed by atoms with Crippen molar-refractivity contribution in [3.63, 3.8) is 0 Å². The van der Waals surface area contributed by atoms with Crippen molar-refractivity contribution in [1.82, 2.24) is 5.32 Å². The highest BCUT2D eigenvalue weighted by atomic mass is 16.5. The molecule has 0 saturated heterocycles. The van der Waals surface area contributed by atoms with E-state index in [1.54, 1.807) is 18.2 Å². The van der Waals surface area contributed by atoms with Gasteiger partial charge < -0.3 is 19.5 Å². The number of benzene rings is 2. The number of ether oxygens (including phenoxy) is 3. The molecule has 0 spiro atoms. The van der Waals surface area contributed by atoms with E-state index in [-0.39, 0.29) is 5.91 Å². The highest BCUT2D eigenvalue weighted by molar-refractivity contribution is 5.99. The van der Waals surface area contributed by atoms with Crippen LogP contribution in [-0.4, -0.2) is 33.3 Å². The maximum absolute atomic E-state index is 12.3. The van der Waals surface area contributed by atoms with Gasteiger partial charge in [0, 0.05) is 6.54 Å². The fourth-order valence-corrected chi connectivity index (χ4v) is 2.16. The molecule has 0 aliphatic carbocycles. The van der Waals surface area contributed by atoms with Gasteiger partial charge in [-0.2, -0.15) is 0 Å². The summed E-state index contributed by atoms with van der Waals surface area (Å²) in [4.78, 5) is 12.3. The van der Waals surface area contributed by atoms with Crippen LogP contribution in [0.15, 0.2) is 48.5 Å². The Morgan fingerprint density at radius 2 is 1.61 bits per heavy atom. The Balaban J connectivity index is 1.83. The molecule has 0 saturated carbocycles. The Bertz CT molecular complexity index is 606. The summed E-state index contributed by atoms with van der Waals surface area (Å²) in [6.45, 7) is 1.36. The highest BCUT2D eigenvalue weighted by Crippen LogP contribution is 2.27. The van der Waals surface area contributed by atoms with Crippen molar-refractivity contribution in [2.45, 2.75) is 6.61 Å². The number of carbonyl (C=O) groups excluding carboxylic acids is 1. The van der Waals surface area contributed by atoms with Crippen LogP contribution >= 0.6 is 0 Å². The van der Waals surface area contributed by atoms with E-state index < -0.39 is 0 Å². The van der Waals surface area contributed by atoms with E-state index in [9.17, 15) is 4.79 Å². The first kappa shape index (κ1) is 16.8. The molecule has 5 heteroatoms. The van der Waals surface area contributed by atoms with Gasteiger partial charge in [-0.25, -0.2) is 0 Å². The SMILES string of the molecule is COc1cccc(OC)c1C(=O)NCCOCc1ccccc1. The van der Waals surface area contributed by atoms with Crippen LogP contribution in [0.4, 0.5) is 0 Å². The Kier molecular flexibility index (Phi) is 6.44. The molecule has 0 radical (unpaired) electrons. The molecule has 0 fully saturated rings. The molecule has 0 bridgehead atoms. The topological polar surface area (TPSA) is 56.8 Å². The van der Waals surface area contributed by atoms with Gasteiger partial charge in [-0.05, 0) is 17.7 Å². The summed E-state index contributed by atoms with van der Waals surface area (Å²) in [6, 6.07) is 15.1. The number of methoxy groups -OCH3 is 2. The Labute approximate surface area is 136 Å².